The molecule has 0 saturated heterocycles. The number of hydrogen-bond acceptors (Lipinski definition) is 6. The van der Waals surface area contributed by atoms with Crippen molar-refractivity contribution >= 4 is 40.9 Å². The summed E-state index contributed by atoms with van der Waals surface area (Å²) in [5.74, 6) is -0.938. The minimum atomic E-state index is -0.769. The van der Waals surface area contributed by atoms with E-state index in [1.54, 1.807) is 18.2 Å². The molecule has 0 atom stereocenters. The van der Waals surface area contributed by atoms with Crippen molar-refractivity contribution < 1.29 is 24.0 Å². The van der Waals surface area contributed by atoms with Crippen LogP contribution in [0.3, 0.4) is 0 Å². The Kier molecular flexibility index (Phi) is 6.90. The molecule has 0 aliphatic carbocycles. The molecule has 27 heavy (non-hydrogen) atoms. The van der Waals surface area contributed by atoms with Crippen LogP contribution in [0.15, 0.2) is 48.5 Å². The van der Waals surface area contributed by atoms with Crippen molar-refractivity contribution in [3.05, 3.63) is 69.2 Å². The van der Waals surface area contributed by atoms with Gasteiger partial charge in [-0.05, 0) is 29.8 Å². The topological polar surface area (TPSA) is 108 Å². The summed E-state index contributed by atoms with van der Waals surface area (Å²) >= 11 is 5.87. The Morgan fingerprint density at radius 3 is 2.74 bits per heavy atom. The highest BCUT2D eigenvalue weighted by atomic mass is 35.5. The smallest absolute Gasteiger partial charge is 0.331 e. The summed E-state index contributed by atoms with van der Waals surface area (Å²) in [5.41, 5.74) is 0.702. The molecular formula is C18H15ClN2O6. The number of carbonyl (C=O) groups is 2. The molecule has 0 radical (unpaired) electrons. The lowest BCUT2D eigenvalue weighted by Gasteiger charge is -2.10. The van der Waals surface area contributed by atoms with Crippen LogP contribution in [-0.4, -0.2) is 30.5 Å². The van der Waals surface area contributed by atoms with Gasteiger partial charge < -0.3 is 14.8 Å². The van der Waals surface area contributed by atoms with Gasteiger partial charge in [-0.25, -0.2) is 4.79 Å². The molecule has 2 aromatic carbocycles. The summed E-state index contributed by atoms with van der Waals surface area (Å²) in [4.78, 5) is 33.8. The zero-order chi connectivity index (χ0) is 19.8. The van der Waals surface area contributed by atoms with Gasteiger partial charge in [-0.1, -0.05) is 23.7 Å². The highest BCUT2D eigenvalue weighted by Crippen LogP contribution is 2.27. The minimum Gasteiger partial charge on any atom is -0.495 e. The first-order chi connectivity index (χ1) is 12.9. The number of amides is 1. The lowest BCUT2D eigenvalue weighted by molar-refractivity contribution is -0.384. The molecule has 8 nitrogen and oxygen atoms in total. The van der Waals surface area contributed by atoms with E-state index in [1.807, 2.05) is 0 Å². The molecular weight excluding hydrogens is 376 g/mol. The van der Waals surface area contributed by atoms with E-state index in [4.69, 9.17) is 21.1 Å². The number of methoxy groups -OCH3 is 1. The maximum absolute atomic E-state index is 11.9. The van der Waals surface area contributed by atoms with Crippen molar-refractivity contribution in [2.75, 3.05) is 19.0 Å². The predicted molar refractivity (Wildman–Crippen MR) is 99.7 cm³/mol. The van der Waals surface area contributed by atoms with Crippen LogP contribution in [0.25, 0.3) is 6.08 Å². The van der Waals surface area contributed by atoms with Gasteiger partial charge in [-0.2, -0.15) is 0 Å². The van der Waals surface area contributed by atoms with Gasteiger partial charge in [-0.15, -0.1) is 0 Å². The van der Waals surface area contributed by atoms with Crippen molar-refractivity contribution in [2.45, 2.75) is 0 Å². The van der Waals surface area contributed by atoms with E-state index < -0.39 is 23.4 Å². The number of nitrogens with one attached hydrogen (secondary N) is 1. The van der Waals surface area contributed by atoms with Gasteiger partial charge in [0.05, 0.1) is 17.7 Å². The third kappa shape index (κ3) is 6.12. The number of non-ortho nitro benzene ring substituents is 1. The first-order valence-electron chi connectivity index (χ1n) is 7.61. The number of nitrogens with zero attached hydrogens (tertiary/aromatic N) is 1. The Hall–Kier alpha value is -3.39. The van der Waals surface area contributed by atoms with Gasteiger partial charge in [0.2, 0.25) is 0 Å². The molecule has 0 aromatic heterocycles. The molecule has 2 rings (SSSR count). The van der Waals surface area contributed by atoms with Crippen LogP contribution in [0.1, 0.15) is 5.56 Å². The highest BCUT2D eigenvalue weighted by Gasteiger charge is 2.10. The van der Waals surface area contributed by atoms with E-state index in [2.05, 4.69) is 5.32 Å². The van der Waals surface area contributed by atoms with Crippen LogP contribution in [0.4, 0.5) is 11.4 Å². The van der Waals surface area contributed by atoms with E-state index in [9.17, 15) is 19.7 Å². The number of nitro benzene ring substituents is 1. The summed E-state index contributed by atoms with van der Waals surface area (Å²) in [7, 11) is 1.44. The van der Waals surface area contributed by atoms with Gasteiger partial charge in [0.15, 0.2) is 6.61 Å². The van der Waals surface area contributed by atoms with Gasteiger partial charge in [0, 0.05) is 23.2 Å². The average Bonchev–Trinajstić information content (AvgIpc) is 2.65. The monoisotopic (exact) mass is 390 g/mol. The Labute approximate surface area is 159 Å². The van der Waals surface area contributed by atoms with Gasteiger partial charge >= 0.3 is 5.97 Å². The second kappa shape index (κ2) is 9.35. The molecule has 0 fully saturated rings. The van der Waals surface area contributed by atoms with Crippen molar-refractivity contribution in [3.8, 4) is 5.75 Å². The van der Waals surface area contributed by atoms with Gasteiger partial charge in [0.25, 0.3) is 11.6 Å². The molecule has 0 saturated carbocycles. The Bertz CT molecular complexity index is 897. The van der Waals surface area contributed by atoms with E-state index in [0.29, 0.717) is 22.0 Å². The molecule has 2 aromatic rings. The number of nitro groups is 1. The number of hydrogen-bond donors (Lipinski definition) is 1. The van der Waals surface area contributed by atoms with Crippen LogP contribution >= 0.6 is 11.6 Å². The van der Waals surface area contributed by atoms with Crippen LogP contribution in [0.5, 0.6) is 5.75 Å². The lowest BCUT2D eigenvalue weighted by Crippen LogP contribution is -2.20. The van der Waals surface area contributed by atoms with E-state index in [0.717, 1.165) is 6.08 Å². The number of ether oxygens (including phenoxy) is 2. The number of esters is 1. The molecule has 140 valence electrons. The summed E-state index contributed by atoms with van der Waals surface area (Å²) < 4.78 is 9.93. The third-order valence-electron chi connectivity index (χ3n) is 3.27. The number of carbonyl (C=O) groups excluding carboxylic acids is 2. The highest BCUT2D eigenvalue weighted by molar-refractivity contribution is 6.31. The Balaban J connectivity index is 1.90. The second-order valence-electron chi connectivity index (χ2n) is 5.19. The maximum atomic E-state index is 11.9. The lowest BCUT2D eigenvalue weighted by atomic mass is 10.2. The SMILES string of the molecule is COc1ccc(Cl)cc1NC(=O)COC(=O)/C=C/c1cccc([N+](=O)[O-])c1. The molecule has 0 spiro atoms. The Morgan fingerprint density at radius 2 is 2.04 bits per heavy atom. The van der Waals surface area contributed by atoms with E-state index >= 15 is 0 Å². The fourth-order valence-corrected chi connectivity index (χ4v) is 2.23. The van der Waals surface area contributed by atoms with Crippen molar-refractivity contribution in [1.82, 2.24) is 0 Å². The zero-order valence-electron chi connectivity index (χ0n) is 14.2. The predicted octanol–water partition coefficient (Wildman–Crippen LogP) is 3.45. The quantitative estimate of drug-likeness (QED) is 0.336. The largest absolute Gasteiger partial charge is 0.495 e. The van der Waals surface area contributed by atoms with E-state index in [1.165, 1.54) is 37.5 Å². The molecule has 1 amide bonds. The number of benzene rings is 2. The van der Waals surface area contributed by atoms with Crippen molar-refractivity contribution in [1.29, 1.82) is 0 Å². The van der Waals surface area contributed by atoms with Crippen LogP contribution in [-0.2, 0) is 14.3 Å². The van der Waals surface area contributed by atoms with Crippen molar-refractivity contribution in [2.24, 2.45) is 0 Å². The molecule has 0 unspecified atom stereocenters. The molecule has 9 heteroatoms. The molecule has 0 aliphatic heterocycles. The molecule has 0 aliphatic rings. The standard InChI is InChI=1S/C18H15ClN2O6/c1-26-16-7-6-13(19)10-15(16)20-17(22)11-27-18(23)8-5-12-3-2-4-14(9-12)21(24)25/h2-10H,11H2,1H3,(H,20,22)/b8-5+. The van der Waals surface area contributed by atoms with E-state index in [-0.39, 0.29) is 5.69 Å². The minimum absolute atomic E-state index is 0.0969. The van der Waals surface area contributed by atoms with Crippen LogP contribution in [0.2, 0.25) is 5.02 Å². The van der Waals surface area contributed by atoms with Crippen LogP contribution in [0, 0.1) is 10.1 Å². The number of rotatable bonds is 7. The second-order valence-corrected chi connectivity index (χ2v) is 5.62. The molecule has 1 N–H and O–H groups in total. The zero-order valence-corrected chi connectivity index (χ0v) is 14.9. The normalized spacial score (nSPS) is 10.4. The van der Waals surface area contributed by atoms with Crippen molar-refractivity contribution in [3.63, 3.8) is 0 Å². The number of halogens is 1. The average molecular weight is 391 g/mol. The maximum Gasteiger partial charge on any atom is 0.331 e. The first-order valence-corrected chi connectivity index (χ1v) is 7.99. The Morgan fingerprint density at radius 1 is 1.26 bits per heavy atom. The third-order valence-corrected chi connectivity index (χ3v) is 3.51. The fourth-order valence-electron chi connectivity index (χ4n) is 2.06. The summed E-state index contributed by atoms with van der Waals surface area (Å²) in [5, 5.41) is 13.6. The summed E-state index contributed by atoms with van der Waals surface area (Å²) in [6.45, 7) is -0.520. The first kappa shape index (κ1) is 19.9. The van der Waals surface area contributed by atoms with Crippen LogP contribution < -0.4 is 10.1 Å². The summed E-state index contributed by atoms with van der Waals surface area (Å²) in [6.07, 6.45) is 2.43. The summed E-state index contributed by atoms with van der Waals surface area (Å²) in [6, 6.07) is 10.4. The molecule has 0 heterocycles. The van der Waals surface area contributed by atoms with Gasteiger partial charge in [-0.3, -0.25) is 14.9 Å². The van der Waals surface area contributed by atoms with Gasteiger partial charge in [0.1, 0.15) is 5.75 Å². The number of anilines is 1. The molecule has 0 bridgehead atoms. The fraction of sp³-hybridized carbons (Fsp3) is 0.111.